The van der Waals surface area contributed by atoms with Crippen molar-refractivity contribution in [1.82, 2.24) is 19.9 Å². The second-order valence-electron chi connectivity index (χ2n) is 6.02. The van der Waals surface area contributed by atoms with Crippen LogP contribution in [0, 0.1) is 12.8 Å². The van der Waals surface area contributed by atoms with Gasteiger partial charge >= 0.3 is 0 Å². The molecule has 0 radical (unpaired) electrons. The molecule has 6 heteroatoms. The number of aliphatic hydroxyl groups excluding tert-OH is 1. The molecule has 1 aliphatic heterocycles. The van der Waals surface area contributed by atoms with Crippen molar-refractivity contribution in [2.75, 3.05) is 33.2 Å². The normalized spacial score (nSPS) is 19.6. The SMILES string of the molecule is Cc1nc(CN(C)CC2CCN(C[C@@H](C)O)CC2)no1. The summed E-state index contributed by atoms with van der Waals surface area (Å²) in [4.78, 5) is 8.85. The van der Waals surface area contributed by atoms with Crippen LogP contribution in [0.25, 0.3) is 0 Å². The summed E-state index contributed by atoms with van der Waals surface area (Å²) in [6, 6.07) is 0. The maximum Gasteiger partial charge on any atom is 0.223 e. The zero-order chi connectivity index (χ0) is 14.5. The molecule has 2 heterocycles. The van der Waals surface area contributed by atoms with Gasteiger partial charge in [0.2, 0.25) is 5.89 Å². The minimum Gasteiger partial charge on any atom is -0.392 e. The largest absolute Gasteiger partial charge is 0.392 e. The number of aliphatic hydroxyl groups is 1. The Kier molecular flexibility index (Phi) is 5.51. The molecule has 1 fully saturated rings. The van der Waals surface area contributed by atoms with Crippen molar-refractivity contribution in [1.29, 1.82) is 0 Å². The quantitative estimate of drug-likeness (QED) is 0.836. The minimum absolute atomic E-state index is 0.226. The van der Waals surface area contributed by atoms with Crippen LogP contribution in [-0.4, -0.2) is 64.4 Å². The molecule has 6 nitrogen and oxygen atoms in total. The van der Waals surface area contributed by atoms with Gasteiger partial charge in [-0.15, -0.1) is 0 Å². The predicted octanol–water partition coefficient (Wildman–Crippen LogP) is 0.903. The predicted molar refractivity (Wildman–Crippen MR) is 76.2 cm³/mol. The first-order valence-corrected chi connectivity index (χ1v) is 7.41. The van der Waals surface area contributed by atoms with E-state index in [1.54, 1.807) is 0 Å². The Bertz CT molecular complexity index is 400. The Morgan fingerprint density at radius 2 is 2.15 bits per heavy atom. The molecule has 0 aliphatic carbocycles. The summed E-state index contributed by atoms with van der Waals surface area (Å²) in [5.41, 5.74) is 0. The average molecular weight is 282 g/mol. The lowest BCUT2D eigenvalue weighted by atomic mass is 9.96. The number of aromatic nitrogens is 2. The van der Waals surface area contributed by atoms with Gasteiger partial charge in [-0.3, -0.25) is 4.90 Å². The third-order valence-electron chi connectivity index (χ3n) is 3.78. The lowest BCUT2D eigenvalue weighted by Crippen LogP contribution is -2.40. The van der Waals surface area contributed by atoms with E-state index in [-0.39, 0.29) is 6.10 Å². The van der Waals surface area contributed by atoms with Crippen molar-refractivity contribution in [3.05, 3.63) is 11.7 Å². The highest BCUT2D eigenvalue weighted by molar-refractivity contribution is 4.84. The molecule has 1 N–H and O–H groups in total. The van der Waals surface area contributed by atoms with Crippen LogP contribution >= 0.6 is 0 Å². The molecular weight excluding hydrogens is 256 g/mol. The third kappa shape index (κ3) is 4.85. The van der Waals surface area contributed by atoms with Crippen LogP contribution in [0.15, 0.2) is 4.52 Å². The van der Waals surface area contributed by atoms with E-state index in [9.17, 15) is 5.11 Å². The zero-order valence-electron chi connectivity index (χ0n) is 12.7. The number of rotatable bonds is 6. The van der Waals surface area contributed by atoms with E-state index in [0.29, 0.717) is 5.89 Å². The van der Waals surface area contributed by atoms with Gasteiger partial charge < -0.3 is 14.5 Å². The van der Waals surface area contributed by atoms with Crippen molar-refractivity contribution in [2.45, 2.75) is 39.3 Å². The highest BCUT2D eigenvalue weighted by Crippen LogP contribution is 2.18. The summed E-state index contributed by atoms with van der Waals surface area (Å²) >= 11 is 0. The number of piperidine rings is 1. The fraction of sp³-hybridized carbons (Fsp3) is 0.857. The van der Waals surface area contributed by atoms with Gasteiger partial charge in [-0.05, 0) is 45.8 Å². The van der Waals surface area contributed by atoms with E-state index in [1.807, 2.05) is 13.8 Å². The number of hydrogen-bond acceptors (Lipinski definition) is 6. The van der Waals surface area contributed by atoms with E-state index >= 15 is 0 Å². The molecule has 0 bridgehead atoms. The number of hydrogen-bond donors (Lipinski definition) is 1. The van der Waals surface area contributed by atoms with Crippen molar-refractivity contribution in [2.24, 2.45) is 5.92 Å². The summed E-state index contributed by atoms with van der Waals surface area (Å²) in [7, 11) is 2.11. The molecule has 0 spiro atoms. The van der Waals surface area contributed by atoms with Crippen molar-refractivity contribution >= 4 is 0 Å². The maximum atomic E-state index is 9.41. The molecule has 20 heavy (non-hydrogen) atoms. The summed E-state index contributed by atoms with van der Waals surface area (Å²) < 4.78 is 4.99. The highest BCUT2D eigenvalue weighted by atomic mass is 16.5. The van der Waals surface area contributed by atoms with E-state index in [2.05, 4.69) is 27.0 Å². The van der Waals surface area contributed by atoms with E-state index in [4.69, 9.17) is 4.52 Å². The number of nitrogens with zero attached hydrogens (tertiary/aromatic N) is 4. The number of aryl methyl sites for hydroxylation is 1. The molecule has 0 aromatic carbocycles. The van der Waals surface area contributed by atoms with Gasteiger partial charge in [-0.1, -0.05) is 5.16 Å². The zero-order valence-corrected chi connectivity index (χ0v) is 12.7. The second-order valence-corrected chi connectivity index (χ2v) is 6.02. The summed E-state index contributed by atoms with van der Waals surface area (Å²) in [6.45, 7) is 8.45. The lowest BCUT2D eigenvalue weighted by molar-refractivity contribution is 0.0916. The maximum absolute atomic E-state index is 9.41. The molecule has 1 atom stereocenters. The van der Waals surface area contributed by atoms with Gasteiger partial charge in [0.25, 0.3) is 0 Å². The lowest BCUT2D eigenvalue weighted by Gasteiger charge is -2.34. The van der Waals surface area contributed by atoms with Gasteiger partial charge in [-0.2, -0.15) is 4.98 Å². The Balaban J connectivity index is 1.69. The fourth-order valence-electron chi connectivity index (χ4n) is 2.88. The molecule has 1 aromatic rings. The summed E-state index contributed by atoms with van der Waals surface area (Å²) in [6.07, 6.45) is 2.17. The van der Waals surface area contributed by atoms with E-state index in [0.717, 1.165) is 44.5 Å². The van der Waals surface area contributed by atoms with Gasteiger partial charge in [-0.25, -0.2) is 0 Å². The Morgan fingerprint density at radius 1 is 1.45 bits per heavy atom. The third-order valence-corrected chi connectivity index (χ3v) is 3.78. The molecule has 2 rings (SSSR count). The molecule has 114 valence electrons. The van der Waals surface area contributed by atoms with Crippen molar-refractivity contribution < 1.29 is 9.63 Å². The Labute approximate surface area is 120 Å². The van der Waals surface area contributed by atoms with Gasteiger partial charge in [0, 0.05) is 20.0 Å². The van der Waals surface area contributed by atoms with Crippen LogP contribution in [0.2, 0.25) is 0 Å². The Morgan fingerprint density at radius 3 is 2.70 bits per heavy atom. The summed E-state index contributed by atoms with van der Waals surface area (Å²) in [5, 5.41) is 13.3. The van der Waals surface area contributed by atoms with Gasteiger partial charge in [0.15, 0.2) is 5.82 Å². The molecule has 1 saturated heterocycles. The fourth-order valence-corrected chi connectivity index (χ4v) is 2.88. The number of likely N-dealkylation sites (tertiary alicyclic amines) is 1. The molecule has 1 aromatic heterocycles. The average Bonchev–Trinajstić information content (AvgIpc) is 2.76. The van der Waals surface area contributed by atoms with Crippen LogP contribution in [-0.2, 0) is 6.54 Å². The standard InChI is InChI=1S/C14H26N4O2/c1-11(19)8-18-6-4-13(5-7-18)9-17(3)10-14-15-12(2)20-16-14/h11,13,19H,4-10H2,1-3H3/t11-/m1/s1. The minimum atomic E-state index is -0.226. The first-order valence-electron chi connectivity index (χ1n) is 7.41. The monoisotopic (exact) mass is 282 g/mol. The molecule has 0 amide bonds. The second kappa shape index (κ2) is 7.15. The smallest absolute Gasteiger partial charge is 0.223 e. The van der Waals surface area contributed by atoms with Crippen LogP contribution in [0.4, 0.5) is 0 Å². The topological polar surface area (TPSA) is 65.6 Å². The van der Waals surface area contributed by atoms with Gasteiger partial charge in [0.05, 0.1) is 12.6 Å². The van der Waals surface area contributed by atoms with Crippen molar-refractivity contribution in [3.63, 3.8) is 0 Å². The molecular formula is C14H26N4O2. The first-order chi connectivity index (χ1) is 9.52. The number of β-amino-alcohol motifs (C(OH)–C–C–N with tert-alkyl or cyclic N) is 1. The molecule has 0 saturated carbocycles. The molecule has 0 unspecified atom stereocenters. The summed E-state index contributed by atoms with van der Waals surface area (Å²) in [5.74, 6) is 2.11. The van der Waals surface area contributed by atoms with Crippen molar-refractivity contribution in [3.8, 4) is 0 Å². The first kappa shape index (κ1) is 15.4. The van der Waals surface area contributed by atoms with E-state index in [1.165, 1.54) is 12.8 Å². The molecule has 1 aliphatic rings. The van der Waals surface area contributed by atoms with Gasteiger partial charge in [0.1, 0.15) is 0 Å². The van der Waals surface area contributed by atoms with E-state index < -0.39 is 0 Å². The van der Waals surface area contributed by atoms with Crippen LogP contribution < -0.4 is 0 Å². The van der Waals surface area contributed by atoms with Crippen LogP contribution in [0.5, 0.6) is 0 Å². The Hall–Kier alpha value is -0.980. The van der Waals surface area contributed by atoms with Crippen LogP contribution in [0.3, 0.4) is 0 Å². The van der Waals surface area contributed by atoms with Crippen LogP contribution in [0.1, 0.15) is 31.5 Å². The highest BCUT2D eigenvalue weighted by Gasteiger charge is 2.21.